The van der Waals surface area contributed by atoms with Crippen LogP contribution in [0.3, 0.4) is 0 Å². The quantitative estimate of drug-likeness (QED) is 0.212. The molecular weight excluding hydrogens is 512 g/mol. The predicted octanol–water partition coefficient (Wildman–Crippen LogP) is 3.73. The van der Waals surface area contributed by atoms with Crippen LogP contribution in [0.15, 0.2) is 69.2 Å². The van der Waals surface area contributed by atoms with E-state index in [-0.39, 0.29) is 12.6 Å². The van der Waals surface area contributed by atoms with Crippen molar-refractivity contribution in [3.05, 3.63) is 54.4 Å². The minimum Gasteiger partial charge on any atom is -0.395 e. The van der Waals surface area contributed by atoms with Crippen molar-refractivity contribution in [3.8, 4) is 0 Å². The summed E-state index contributed by atoms with van der Waals surface area (Å²) in [4.78, 5) is 9.54. The Balaban J connectivity index is 1.49. The number of aliphatic hydroxyl groups is 1. The first-order chi connectivity index (χ1) is 18.7. The van der Waals surface area contributed by atoms with Gasteiger partial charge < -0.3 is 21.1 Å². The van der Waals surface area contributed by atoms with E-state index in [1.165, 1.54) is 0 Å². The van der Waals surface area contributed by atoms with Gasteiger partial charge in [-0.3, -0.25) is 0 Å². The average Bonchev–Trinajstić information content (AvgIpc) is 2.92. The Bertz CT molecular complexity index is 1260. The van der Waals surface area contributed by atoms with E-state index in [2.05, 4.69) is 30.7 Å². The van der Waals surface area contributed by atoms with E-state index in [0.717, 1.165) is 48.8 Å². The third kappa shape index (κ3) is 9.63. The molecule has 9 nitrogen and oxygen atoms in total. The molecule has 1 aliphatic rings. The molecule has 0 heterocycles. The molecule has 0 saturated heterocycles. The van der Waals surface area contributed by atoms with E-state index in [1.807, 2.05) is 64.1 Å². The van der Waals surface area contributed by atoms with Gasteiger partial charge in [0.2, 0.25) is 16.0 Å². The Morgan fingerprint density at radius 3 is 2.33 bits per heavy atom. The zero-order valence-electron chi connectivity index (χ0n) is 23.6. The lowest BCUT2D eigenvalue weighted by Gasteiger charge is -2.29. The third-order valence-corrected chi connectivity index (χ3v) is 8.30. The number of nitrogens with one attached hydrogen (secondary N) is 4. The molecule has 10 heteroatoms. The number of sulfonamides is 1. The van der Waals surface area contributed by atoms with Crippen LogP contribution in [-0.4, -0.2) is 57.6 Å². The molecular formula is C29H44N6O3S. The van der Waals surface area contributed by atoms with Gasteiger partial charge >= 0.3 is 0 Å². The molecule has 0 unspecified atom stereocenters. The predicted molar refractivity (Wildman–Crippen MR) is 160 cm³/mol. The van der Waals surface area contributed by atoms with Crippen LogP contribution in [0.1, 0.15) is 53.4 Å². The fourth-order valence-corrected chi connectivity index (χ4v) is 6.06. The van der Waals surface area contributed by atoms with Crippen molar-refractivity contribution < 1.29 is 13.5 Å². The Kier molecular flexibility index (Phi) is 11.8. The highest BCUT2D eigenvalue weighted by molar-refractivity contribution is 7.89. The van der Waals surface area contributed by atoms with E-state index in [4.69, 9.17) is 5.11 Å². The molecule has 0 atom stereocenters. The van der Waals surface area contributed by atoms with Crippen molar-refractivity contribution in [3.63, 3.8) is 0 Å². The molecule has 0 radical (unpaired) electrons. The van der Waals surface area contributed by atoms with Crippen molar-refractivity contribution in [2.45, 2.75) is 64.3 Å². The largest absolute Gasteiger partial charge is 0.395 e. The lowest BCUT2D eigenvalue weighted by atomic mass is 9.82. The summed E-state index contributed by atoms with van der Waals surface area (Å²) in [6.07, 6.45) is 5.91. The van der Waals surface area contributed by atoms with Crippen molar-refractivity contribution in [1.29, 1.82) is 0 Å². The summed E-state index contributed by atoms with van der Waals surface area (Å²) in [5, 5.41) is 20.5. The number of benzene rings is 2. The first kappa shape index (κ1) is 30.6. The molecule has 0 aliphatic heterocycles. The second kappa shape index (κ2) is 15.0. The molecule has 2 aromatic rings. The molecule has 0 amide bonds. The van der Waals surface area contributed by atoms with Crippen LogP contribution in [0.4, 0.5) is 0 Å². The normalized spacial score (nSPS) is 19.4. The van der Waals surface area contributed by atoms with Gasteiger partial charge in [-0.1, -0.05) is 36.4 Å². The molecule has 5 N–H and O–H groups in total. The second-order valence-electron chi connectivity index (χ2n) is 10.4. The standard InChI is InChI=1S/C29H44N6O3S/c1-5-28(30-17-18-36)35-29(33-21(2)3)34-22(4)31-19-23-13-15-24(16-14-23)20-32-39(37,38)27-12-8-10-25-9-6-7-11-26(25)27/h5-12,21,23-24,30,32,36H,13-20H2,1-4H3,(H2,31,33,34,35). The Labute approximate surface area is 233 Å². The maximum atomic E-state index is 13.1. The fourth-order valence-electron chi connectivity index (χ4n) is 4.72. The summed E-state index contributed by atoms with van der Waals surface area (Å²) in [5.74, 6) is 2.79. The molecule has 1 fully saturated rings. The van der Waals surface area contributed by atoms with Gasteiger partial charge in [0.25, 0.3) is 0 Å². The highest BCUT2D eigenvalue weighted by atomic mass is 32.2. The monoisotopic (exact) mass is 556 g/mol. The van der Waals surface area contributed by atoms with Crippen molar-refractivity contribution >= 4 is 32.6 Å². The number of fused-ring (bicyclic) bond motifs is 1. The van der Waals surface area contributed by atoms with Crippen LogP contribution in [0, 0.1) is 11.8 Å². The van der Waals surface area contributed by atoms with Gasteiger partial charge in [0.15, 0.2) is 0 Å². The third-order valence-electron chi connectivity index (χ3n) is 6.82. The summed E-state index contributed by atoms with van der Waals surface area (Å²) in [6, 6.07) is 13.1. The van der Waals surface area contributed by atoms with Gasteiger partial charge in [-0.25, -0.2) is 18.1 Å². The second-order valence-corrected chi connectivity index (χ2v) is 12.1. The number of aliphatic hydroxyl groups excluding tert-OH is 1. The summed E-state index contributed by atoms with van der Waals surface area (Å²) < 4.78 is 29.0. The highest BCUT2D eigenvalue weighted by Gasteiger charge is 2.24. The molecule has 214 valence electrons. The van der Waals surface area contributed by atoms with Crippen molar-refractivity contribution in [2.75, 3.05) is 26.2 Å². The maximum absolute atomic E-state index is 13.1. The van der Waals surface area contributed by atoms with E-state index < -0.39 is 10.0 Å². The van der Waals surface area contributed by atoms with Crippen LogP contribution in [0.5, 0.6) is 0 Å². The Morgan fingerprint density at radius 2 is 1.67 bits per heavy atom. The first-order valence-corrected chi connectivity index (χ1v) is 15.3. The Morgan fingerprint density at radius 1 is 1.00 bits per heavy atom. The average molecular weight is 557 g/mol. The molecule has 0 bridgehead atoms. The highest BCUT2D eigenvalue weighted by Crippen LogP contribution is 2.29. The summed E-state index contributed by atoms with van der Waals surface area (Å²) >= 11 is 0. The molecule has 3 rings (SSSR count). The smallest absolute Gasteiger partial charge is 0.241 e. The van der Waals surface area contributed by atoms with Crippen LogP contribution in [0.25, 0.3) is 10.8 Å². The Hall–Kier alpha value is -2.95. The number of hydrogen-bond acceptors (Lipinski definition) is 5. The van der Waals surface area contributed by atoms with E-state index in [0.29, 0.717) is 41.6 Å². The maximum Gasteiger partial charge on any atom is 0.241 e. The van der Waals surface area contributed by atoms with Gasteiger partial charge in [0.05, 0.1) is 11.5 Å². The molecule has 0 aromatic heterocycles. The molecule has 1 saturated carbocycles. The summed E-state index contributed by atoms with van der Waals surface area (Å²) in [6.45, 7) is 9.62. The van der Waals surface area contributed by atoms with Crippen LogP contribution in [-0.2, 0) is 10.0 Å². The van der Waals surface area contributed by atoms with Gasteiger partial charge in [-0.15, -0.1) is 0 Å². The lowest BCUT2D eigenvalue weighted by molar-refractivity contribution is 0.275. The van der Waals surface area contributed by atoms with Crippen molar-refractivity contribution in [1.82, 2.24) is 20.7 Å². The number of rotatable bonds is 11. The van der Waals surface area contributed by atoms with Crippen LogP contribution < -0.4 is 20.7 Å². The zero-order chi connectivity index (χ0) is 28.3. The number of aliphatic imine (C=N–C) groups is 2. The number of amidine groups is 1. The molecule has 1 aliphatic carbocycles. The van der Waals surface area contributed by atoms with Gasteiger partial charge in [0.1, 0.15) is 11.7 Å². The number of allylic oxidation sites excluding steroid dienone is 1. The van der Waals surface area contributed by atoms with E-state index in [9.17, 15) is 8.42 Å². The number of hydrogen-bond donors (Lipinski definition) is 5. The topological polar surface area (TPSA) is 127 Å². The van der Waals surface area contributed by atoms with Crippen LogP contribution >= 0.6 is 0 Å². The minimum atomic E-state index is -3.57. The SMILES string of the molecule is CC=C(/N=C(\N=C(/C)NCC1CCC(CNS(=O)(=O)c2cccc3ccccc23)CC1)NC(C)C)NCCO. The zero-order valence-corrected chi connectivity index (χ0v) is 24.4. The van der Waals surface area contributed by atoms with Gasteiger partial charge in [-0.2, -0.15) is 4.99 Å². The molecule has 0 spiro atoms. The summed E-state index contributed by atoms with van der Waals surface area (Å²) in [5.41, 5.74) is 0. The van der Waals surface area contributed by atoms with Gasteiger partial charge in [-0.05, 0) is 82.7 Å². The summed E-state index contributed by atoms with van der Waals surface area (Å²) in [7, 11) is -3.57. The first-order valence-electron chi connectivity index (χ1n) is 13.8. The number of guanidine groups is 1. The van der Waals surface area contributed by atoms with Crippen molar-refractivity contribution in [2.24, 2.45) is 21.8 Å². The van der Waals surface area contributed by atoms with E-state index in [1.54, 1.807) is 12.1 Å². The minimum absolute atomic E-state index is 0.0297. The van der Waals surface area contributed by atoms with E-state index >= 15 is 0 Å². The lowest BCUT2D eigenvalue weighted by Crippen LogP contribution is -2.35. The fraction of sp³-hybridized carbons (Fsp3) is 0.517. The molecule has 2 aromatic carbocycles. The molecule has 39 heavy (non-hydrogen) atoms. The number of nitrogens with zero attached hydrogens (tertiary/aromatic N) is 2. The van der Waals surface area contributed by atoms with Crippen LogP contribution in [0.2, 0.25) is 0 Å². The van der Waals surface area contributed by atoms with Gasteiger partial charge in [0, 0.05) is 31.1 Å².